The van der Waals surface area contributed by atoms with Gasteiger partial charge in [-0.15, -0.1) is 0 Å². The summed E-state index contributed by atoms with van der Waals surface area (Å²) in [6, 6.07) is 0. The van der Waals surface area contributed by atoms with E-state index >= 15 is 0 Å². The van der Waals surface area contributed by atoms with Crippen molar-refractivity contribution in [1.29, 1.82) is 0 Å². The lowest BCUT2D eigenvalue weighted by Gasteiger charge is -2.07. The number of rotatable bonds is 0. The SMILES string of the molecule is CN=c1ss/c(=N\C(=S)N(C)C)n1C. The number of hydrogen-bond donors (Lipinski definition) is 0. The Morgan fingerprint density at radius 1 is 1.36 bits per heavy atom. The van der Waals surface area contributed by atoms with E-state index in [9.17, 15) is 0 Å². The van der Waals surface area contributed by atoms with Crippen molar-refractivity contribution < 1.29 is 0 Å². The molecule has 0 aromatic carbocycles. The van der Waals surface area contributed by atoms with Crippen LogP contribution in [-0.2, 0) is 7.05 Å². The van der Waals surface area contributed by atoms with E-state index in [1.165, 1.54) is 0 Å². The van der Waals surface area contributed by atoms with Crippen molar-refractivity contribution in [3.05, 3.63) is 9.60 Å². The molecule has 0 spiro atoms. The summed E-state index contributed by atoms with van der Waals surface area (Å²) < 4.78 is 1.94. The van der Waals surface area contributed by atoms with Gasteiger partial charge in [0.05, 0.1) is 0 Å². The molecule has 0 amide bonds. The highest BCUT2D eigenvalue weighted by molar-refractivity contribution is 7.80. The molecular formula is C7H12N4S3. The molecular weight excluding hydrogens is 236 g/mol. The predicted molar refractivity (Wildman–Crippen MR) is 64.5 cm³/mol. The van der Waals surface area contributed by atoms with Crippen LogP contribution in [0.5, 0.6) is 0 Å². The van der Waals surface area contributed by atoms with Crippen molar-refractivity contribution in [2.75, 3.05) is 21.1 Å². The maximum Gasteiger partial charge on any atom is 0.204 e. The first-order chi connectivity index (χ1) is 6.56. The van der Waals surface area contributed by atoms with Crippen LogP contribution < -0.4 is 9.60 Å². The third-order valence-corrected chi connectivity index (χ3v) is 4.33. The molecule has 0 N–H and O–H groups in total. The zero-order valence-corrected chi connectivity index (χ0v) is 11.0. The van der Waals surface area contributed by atoms with Gasteiger partial charge in [-0.2, -0.15) is 4.99 Å². The minimum atomic E-state index is 0.581. The molecule has 0 radical (unpaired) electrons. The molecule has 0 saturated heterocycles. The van der Waals surface area contributed by atoms with Gasteiger partial charge in [0, 0.05) is 28.2 Å². The molecule has 7 heteroatoms. The topological polar surface area (TPSA) is 32.9 Å². The van der Waals surface area contributed by atoms with Gasteiger partial charge in [0.2, 0.25) is 4.80 Å². The van der Waals surface area contributed by atoms with Crippen LogP contribution in [0.3, 0.4) is 0 Å². The van der Waals surface area contributed by atoms with Gasteiger partial charge in [-0.1, -0.05) is 0 Å². The maximum absolute atomic E-state index is 5.09. The number of nitrogens with zero attached hydrogens (tertiary/aromatic N) is 4. The molecule has 78 valence electrons. The molecule has 1 aromatic rings. The van der Waals surface area contributed by atoms with Crippen molar-refractivity contribution in [3.63, 3.8) is 0 Å². The first-order valence-electron chi connectivity index (χ1n) is 3.91. The van der Waals surface area contributed by atoms with Crippen molar-refractivity contribution in [2.45, 2.75) is 0 Å². The molecule has 0 aliphatic rings. The normalized spacial score (nSPS) is 13.4. The first-order valence-corrected chi connectivity index (χ1v) is 6.47. The molecule has 1 heterocycles. The van der Waals surface area contributed by atoms with E-state index in [1.807, 2.05) is 30.6 Å². The largest absolute Gasteiger partial charge is 0.353 e. The minimum absolute atomic E-state index is 0.581. The molecule has 0 atom stereocenters. The second-order valence-electron chi connectivity index (χ2n) is 2.80. The molecule has 1 rings (SSSR count). The summed E-state index contributed by atoms with van der Waals surface area (Å²) in [5, 5.41) is 0.581. The van der Waals surface area contributed by atoms with Crippen molar-refractivity contribution in [2.24, 2.45) is 17.0 Å². The Bertz CT molecular complexity index is 448. The molecule has 14 heavy (non-hydrogen) atoms. The Labute approximate surface area is 95.3 Å². The van der Waals surface area contributed by atoms with Gasteiger partial charge in [0.15, 0.2) is 9.91 Å². The minimum Gasteiger partial charge on any atom is -0.353 e. The van der Waals surface area contributed by atoms with Crippen LogP contribution in [0.2, 0.25) is 0 Å². The van der Waals surface area contributed by atoms with E-state index in [-0.39, 0.29) is 0 Å². The highest BCUT2D eigenvalue weighted by atomic mass is 32.9. The quantitative estimate of drug-likeness (QED) is 0.493. The summed E-state index contributed by atoms with van der Waals surface area (Å²) in [5.74, 6) is 0. The average molecular weight is 248 g/mol. The van der Waals surface area contributed by atoms with Crippen molar-refractivity contribution >= 4 is 38.0 Å². The Kier molecular flexibility index (Phi) is 3.97. The van der Waals surface area contributed by atoms with Crippen LogP contribution in [-0.4, -0.2) is 35.7 Å². The fraction of sp³-hybridized carbons (Fsp3) is 0.571. The average Bonchev–Trinajstić information content (AvgIpc) is 2.47. The summed E-state index contributed by atoms with van der Waals surface area (Å²) in [7, 11) is 10.6. The third kappa shape index (κ3) is 2.49. The zero-order valence-electron chi connectivity index (χ0n) is 8.51. The number of aromatic nitrogens is 1. The fourth-order valence-electron chi connectivity index (χ4n) is 0.731. The standard InChI is InChI=1S/C7H12N4S3/c1-8-6-11(4)7(14-13-6)9-5(12)10(2)3/h1-4H3/b8-6?,9-7-. The van der Waals surface area contributed by atoms with Gasteiger partial charge >= 0.3 is 0 Å². The highest BCUT2D eigenvalue weighted by Crippen LogP contribution is 1.92. The Balaban J connectivity index is 3.21. The smallest absolute Gasteiger partial charge is 0.204 e. The Morgan fingerprint density at radius 3 is 2.36 bits per heavy atom. The van der Waals surface area contributed by atoms with Crippen LogP contribution in [0.1, 0.15) is 0 Å². The van der Waals surface area contributed by atoms with E-state index in [2.05, 4.69) is 9.98 Å². The lowest BCUT2D eigenvalue weighted by atomic mass is 10.9. The number of hydrogen-bond acceptors (Lipinski definition) is 4. The molecule has 0 fully saturated rings. The van der Waals surface area contributed by atoms with Crippen molar-refractivity contribution in [1.82, 2.24) is 9.47 Å². The Morgan fingerprint density at radius 2 is 1.93 bits per heavy atom. The van der Waals surface area contributed by atoms with Crippen LogP contribution in [0.4, 0.5) is 0 Å². The van der Waals surface area contributed by atoms with Crippen LogP contribution in [0.15, 0.2) is 9.98 Å². The van der Waals surface area contributed by atoms with E-state index in [0.717, 1.165) is 9.60 Å². The molecule has 4 nitrogen and oxygen atoms in total. The molecule has 0 unspecified atom stereocenters. The maximum atomic E-state index is 5.09. The molecule has 0 bridgehead atoms. The van der Waals surface area contributed by atoms with Crippen LogP contribution in [0, 0.1) is 0 Å². The monoisotopic (exact) mass is 248 g/mol. The lowest BCUT2D eigenvalue weighted by molar-refractivity contribution is 0.625. The lowest BCUT2D eigenvalue weighted by Crippen LogP contribution is -2.26. The summed E-state index contributed by atoms with van der Waals surface area (Å²) >= 11 is 5.09. The second-order valence-corrected chi connectivity index (χ2v) is 5.23. The van der Waals surface area contributed by atoms with E-state index in [0.29, 0.717) is 5.11 Å². The summed E-state index contributed by atoms with van der Waals surface area (Å²) in [5.41, 5.74) is 0. The highest BCUT2D eigenvalue weighted by Gasteiger charge is 1.98. The van der Waals surface area contributed by atoms with Crippen LogP contribution in [0.25, 0.3) is 0 Å². The summed E-state index contributed by atoms with van der Waals surface area (Å²) in [4.78, 5) is 12.1. The third-order valence-electron chi connectivity index (χ3n) is 1.53. The van der Waals surface area contributed by atoms with E-state index in [1.54, 1.807) is 27.7 Å². The van der Waals surface area contributed by atoms with Gasteiger partial charge in [-0.05, 0) is 32.9 Å². The molecule has 0 aliphatic heterocycles. The summed E-state index contributed by atoms with van der Waals surface area (Å²) in [6.45, 7) is 0. The zero-order chi connectivity index (χ0) is 10.7. The summed E-state index contributed by atoms with van der Waals surface area (Å²) in [6.07, 6.45) is 0. The second kappa shape index (κ2) is 4.81. The van der Waals surface area contributed by atoms with E-state index < -0.39 is 0 Å². The van der Waals surface area contributed by atoms with E-state index in [4.69, 9.17) is 12.2 Å². The van der Waals surface area contributed by atoms with Gasteiger partial charge in [-0.3, -0.25) is 9.56 Å². The van der Waals surface area contributed by atoms with Crippen LogP contribution >= 0.6 is 32.9 Å². The molecule has 0 saturated carbocycles. The van der Waals surface area contributed by atoms with Gasteiger partial charge < -0.3 is 4.90 Å². The first kappa shape index (κ1) is 11.5. The van der Waals surface area contributed by atoms with Crippen molar-refractivity contribution in [3.8, 4) is 0 Å². The number of thiocarbonyl (C=S) groups is 1. The van der Waals surface area contributed by atoms with Gasteiger partial charge in [0.1, 0.15) is 0 Å². The Hall–Kier alpha value is -0.530. The fourth-order valence-corrected chi connectivity index (χ4v) is 3.13. The van der Waals surface area contributed by atoms with Gasteiger partial charge in [0.25, 0.3) is 0 Å². The van der Waals surface area contributed by atoms with Gasteiger partial charge in [-0.25, -0.2) is 0 Å². The predicted octanol–water partition coefficient (Wildman–Crippen LogP) is 0.426. The molecule has 1 aromatic heterocycles. The molecule has 0 aliphatic carbocycles.